The van der Waals surface area contributed by atoms with Gasteiger partial charge in [0, 0.05) is 24.3 Å². The number of rotatable bonds is 5. The summed E-state index contributed by atoms with van der Waals surface area (Å²) in [6, 6.07) is 9.65. The Morgan fingerprint density at radius 3 is 2.47 bits per heavy atom. The highest BCUT2D eigenvalue weighted by Gasteiger charge is 2.50. The van der Waals surface area contributed by atoms with E-state index in [1.54, 1.807) is 4.90 Å². The van der Waals surface area contributed by atoms with Gasteiger partial charge in [-0.3, -0.25) is 14.4 Å². The fourth-order valence-corrected chi connectivity index (χ4v) is 5.23. The minimum Gasteiger partial charge on any atom is -0.351 e. The molecule has 1 aliphatic carbocycles. The predicted molar refractivity (Wildman–Crippen MR) is 124 cm³/mol. The van der Waals surface area contributed by atoms with E-state index in [9.17, 15) is 14.4 Å². The number of ether oxygens (including phenoxy) is 1. The first kappa shape index (κ1) is 24.5. The van der Waals surface area contributed by atoms with Crippen LogP contribution in [0.15, 0.2) is 30.3 Å². The van der Waals surface area contributed by atoms with E-state index in [4.69, 9.17) is 12.6 Å². The van der Waals surface area contributed by atoms with Gasteiger partial charge in [0.1, 0.15) is 11.5 Å². The quantitative estimate of drug-likeness (QED) is 0.713. The molecule has 1 aromatic carbocycles. The molecule has 1 saturated heterocycles. The summed E-state index contributed by atoms with van der Waals surface area (Å²) in [5, 5.41) is 3.08. The van der Waals surface area contributed by atoms with Crippen LogP contribution in [-0.2, 0) is 20.7 Å². The van der Waals surface area contributed by atoms with Crippen molar-refractivity contribution in [2.24, 2.45) is 11.8 Å². The molecule has 0 bridgehead atoms. The molecule has 3 rings (SSSR count). The van der Waals surface area contributed by atoms with Gasteiger partial charge in [-0.1, -0.05) is 30.3 Å². The van der Waals surface area contributed by atoms with Crippen LogP contribution in [0.4, 0.5) is 4.79 Å². The van der Waals surface area contributed by atoms with Crippen LogP contribution in [0.2, 0.25) is 0 Å². The normalized spacial score (nSPS) is 27.9. The van der Waals surface area contributed by atoms with Crippen molar-refractivity contribution >= 4 is 25.3 Å². The Balaban J connectivity index is 1.86. The predicted octanol–water partition coefficient (Wildman–Crippen LogP) is 3.61. The fourth-order valence-electron chi connectivity index (χ4n) is 5.23. The van der Waals surface area contributed by atoms with Crippen LogP contribution >= 0.6 is 0 Å². The number of amides is 2. The molecule has 2 aliphatic rings. The molecule has 0 spiro atoms. The maximum atomic E-state index is 13.0. The molecule has 0 aromatic heterocycles. The molecule has 6 nitrogen and oxygen atoms in total. The summed E-state index contributed by atoms with van der Waals surface area (Å²) in [5.41, 5.74) is -0.123. The number of ketones is 1. The molecule has 2 fully saturated rings. The van der Waals surface area contributed by atoms with Crippen molar-refractivity contribution in [3.05, 3.63) is 35.9 Å². The molecule has 32 heavy (non-hydrogen) atoms. The van der Waals surface area contributed by atoms with E-state index in [2.05, 4.69) is 5.32 Å². The Labute approximate surface area is 192 Å². The molecule has 2 unspecified atom stereocenters. The van der Waals surface area contributed by atoms with Crippen LogP contribution in [0.1, 0.15) is 65.9 Å². The van der Waals surface area contributed by atoms with Crippen molar-refractivity contribution in [3.8, 4) is 0 Å². The van der Waals surface area contributed by atoms with Crippen molar-refractivity contribution < 1.29 is 19.1 Å². The molecular formula is C25H35BN2O4. The molecule has 1 aromatic rings. The van der Waals surface area contributed by atoms with Crippen molar-refractivity contribution in [2.45, 2.75) is 90.1 Å². The molecule has 4 atom stereocenters. The van der Waals surface area contributed by atoms with Crippen molar-refractivity contribution in [1.82, 2.24) is 10.2 Å². The minimum atomic E-state index is -0.863. The monoisotopic (exact) mass is 438 g/mol. The molecule has 1 N–H and O–H groups in total. The van der Waals surface area contributed by atoms with E-state index >= 15 is 0 Å². The Bertz CT molecular complexity index is 849. The maximum Gasteiger partial charge on any atom is 0.223 e. The first-order chi connectivity index (χ1) is 14.9. The van der Waals surface area contributed by atoms with E-state index in [1.807, 2.05) is 65.0 Å². The molecular weight excluding hydrogens is 403 g/mol. The van der Waals surface area contributed by atoms with E-state index in [-0.39, 0.29) is 41.2 Å². The SMILES string of the molecule is [B]C(=O)N1[C@@H](Cc2ccccc2)[C@@H](CC2CC(=O)CCC2C(=O)NC(C)(C)C)OC1(C)C. The van der Waals surface area contributed by atoms with Gasteiger partial charge < -0.3 is 15.0 Å². The lowest BCUT2D eigenvalue weighted by Gasteiger charge is -2.35. The van der Waals surface area contributed by atoms with Crippen LogP contribution in [0.25, 0.3) is 0 Å². The number of Topliss-reactive ketones (excluding diaryl/α,β-unsaturated/α-hetero) is 1. The summed E-state index contributed by atoms with van der Waals surface area (Å²) >= 11 is 0. The Morgan fingerprint density at radius 1 is 1.22 bits per heavy atom. The van der Waals surface area contributed by atoms with Crippen molar-refractivity contribution in [1.29, 1.82) is 0 Å². The van der Waals surface area contributed by atoms with Crippen molar-refractivity contribution in [3.63, 3.8) is 0 Å². The Kier molecular flexibility index (Phi) is 7.18. The second-order valence-corrected chi connectivity index (χ2v) is 10.7. The summed E-state index contributed by atoms with van der Waals surface area (Å²) in [4.78, 5) is 39.3. The van der Waals surface area contributed by atoms with E-state index in [1.165, 1.54) is 0 Å². The second kappa shape index (κ2) is 9.38. The summed E-state index contributed by atoms with van der Waals surface area (Å²) in [6.45, 7) is 9.54. The summed E-state index contributed by atoms with van der Waals surface area (Å²) in [5.74, 6) is -0.749. The zero-order valence-corrected chi connectivity index (χ0v) is 19.9. The van der Waals surface area contributed by atoms with E-state index in [0.29, 0.717) is 32.1 Å². The average molecular weight is 438 g/mol. The fraction of sp³-hybridized carbons (Fsp3) is 0.640. The van der Waals surface area contributed by atoms with Gasteiger partial charge in [-0.05, 0) is 65.4 Å². The summed E-state index contributed by atoms with van der Waals surface area (Å²) in [6.07, 6.45) is 2.13. The maximum absolute atomic E-state index is 13.0. The van der Waals surface area contributed by atoms with Gasteiger partial charge in [0.15, 0.2) is 5.81 Å². The zero-order chi connectivity index (χ0) is 23.7. The van der Waals surface area contributed by atoms with Crippen LogP contribution in [0, 0.1) is 11.8 Å². The third-order valence-electron chi connectivity index (χ3n) is 6.47. The first-order valence-corrected chi connectivity index (χ1v) is 11.5. The Morgan fingerprint density at radius 2 is 1.88 bits per heavy atom. The third kappa shape index (κ3) is 5.80. The van der Waals surface area contributed by atoms with Gasteiger partial charge >= 0.3 is 0 Å². The summed E-state index contributed by atoms with van der Waals surface area (Å²) < 4.78 is 6.36. The molecule has 2 radical (unpaired) electrons. The van der Waals surface area contributed by atoms with Gasteiger partial charge in [-0.2, -0.15) is 0 Å². The highest BCUT2D eigenvalue weighted by atomic mass is 16.5. The van der Waals surface area contributed by atoms with Gasteiger partial charge in [-0.15, -0.1) is 0 Å². The van der Waals surface area contributed by atoms with Crippen LogP contribution in [0.3, 0.4) is 0 Å². The zero-order valence-electron chi connectivity index (χ0n) is 19.9. The largest absolute Gasteiger partial charge is 0.351 e. The number of carbonyl (C=O) groups is 3. The molecule has 1 heterocycles. The van der Waals surface area contributed by atoms with Crippen LogP contribution in [0.5, 0.6) is 0 Å². The third-order valence-corrected chi connectivity index (χ3v) is 6.47. The lowest BCUT2D eigenvalue weighted by molar-refractivity contribution is -0.133. The molecule has 1 saturated carbocycles. The van der Waals surface area contributed by atoms with E-state index < -0.39 is 11.5 Å². The number of hydrogen-bond donors (Lipinski definition) is 1. The minimum absolute atomic E-state index is 0.0152. The lowest BCUT2D eigenvalue weighted by atomic mass is 9.74. The van der Waals surface area contributed by atoms with Gasteiger partial charge in [-0.25, -0.2) is 0 Å². The number of nitrogens with one attached hydrogen (secondary N) is 1. The number of carbonyl (C=O) groups excluding carboxylic acids is 3. The lowest BCUT2D eigenvalue weighted by Crippen LogP contribution is -2.49. The van der Waals surface area contributed by atoms with E-state index in [0.717, 1.165) is 5.56 Å². The molecule has 7 heteroatoms. The molecule has 2 amide bonds. The second-order valence-electron chi connectivity index (χ2n) is 10.7. The average Bonchev–Trinajstić information content (AvgIpc) is 2.90. The van der Waals surface area contributed by atoms with Crippen LogP contribution in [-0.4, -0.2) is 53.7 Å². The van der Waals surface area contributed by atoms with Crippen LogP contribution < -0.4 is 5.32 Å². The first-order valence-electron chi connectivity index (χ1n) is 11.5. The van der Waals surface area contributed by atoms with Crippen molar-refractivity contribution in [2.75, 3.05) is 0 Å². The standard InChI is InChI=1S/C25H35BN2O4/c1-24(2,3)27-22(30)19-12-11-18(29)14-17(19)15-21-20(13-16-9-7-6-8-10-16)28(23(26)31)25(4,5)32-21/h6-10,17,19-21H,11-15H2,1-5H3,(H,27,30)/t17?,19?,20-,21+/m0/s1. The molecule has 172 valence electrons. The van der Waals surface area contributed by atoms with Gasteiger partial charge in [0.05, 0.1) is 12.1 Å². The van der Waals surface area contributed by atoms with Gasteiger partial charge in [0.25, 0.3) is 0 Å². The summed E-state index contributed by atoms with van der Waals surface area (Å²) in [7, 11) is 5.77. The number of benzene rings is 1. The number of nitrogens with zero attached hydrogens (tertiary/aromatic N) is 1. The number of hydrogen-bond acceptors (Lipinski definition) is 4. The topological polar surface area (TPSA) is 75.7 Å². The Hall–Kier alpha value is -2.15. The molecule has 1 aliphatic heterocycles. The highest BCUT2D eigenvalue weighted by Crippen LogP contribution is 2.40. The highest BCUT2D eigenvalue weighted by molar-refractivity contribution is 6.57. The van der Waals surface area contributed by atoms with Gasteiger partial charge in [0.2, 0.25) is 13.8 Å². The smallest absolute Gasteiger partial charge is 0.223 e.